The fraction of sp³-hybridized carbons (Fsp3) is 0.143. The van der Waals surface area contributed by atoms with E-state index >= 15 is 0 Å². The van der Waals surface area contributed by atoms with Crippen molar-refractivity contribution in [3.63, 3.8) is 0 Å². The van der Waals surface area contributed by atoms with Crippen molar-refractivity contribution in [2.24, 2.45) is 0 Å². The summed E-state index contributed by atoms with van der Waals surface area (Å²) in [6, 6.07) is 3.26. The maximum absolute atomic E-state index is 10.3. The topological polar surface area (TPSA) is 50.2 Å². The molecule has 11 heavy (non-hydrogen) atoms. The first-order valence-electron chi connectivity index (χ1n) is 3.12. The van der Waals surface area contributed by atoms with Crippen LogP contribution in [0.15, 0.2) is 18.3 Å². The molecule has 0 spiro atoms. The van der Waals surface area contributed by atoms with E-state index in [9.17, 15) is 4.79 Å². The Morgan fingerprint density at radius 2 is 2.36 bits per heavy atom. The van der Waals surface area contributed by atoms with E-state index in [0.29, 0.717) is 0 Å². The number of pyridine rings is 1. The van der Waals surface area contributed by atoms with Crippen LogP contribution >= 0.6 is 9.24 Å². The Kier molecular flexibility index (Phi) is 2.55. The molecule has 0 aromatic carbocycles. The number of hydrogen-bond acceptors (Lipinski definition) is 2. The van der Waals surface area contributed by atoms with Gasteiger partial charge in [-0.25, -0.2) is 9.78 Å². The molecule has 1 aromatic heterocycles. The van der Waals surface area contributed by atoms with Gasteiger partial charge in [-0.3, -0.25) is 0 Å². The smallest absolute Gasteiger partial charge is 0.354 e. The third kappa shape index (κ3) is 1.99. The van der Waals surface area contributed by atoms with Crippen molar-refractivity contribution in [2.75, 3.05) is 0 Å². The molecule has 0 aliphatic rings. The third-order valence-electron chi connectivity index (χ3n) is 1.28. The van der Waals surface area contributed by atoms with E-state index in [0.717, 1.165) is 11.7 Å². The van der Waals surface area contributed by atoms with E-state index in [1.54, 1.807) is 12.3 Å². The van der Waals surface area contributed by atoms with Crippen LogP contribution in [0.2, 0.25) is 0 Å². The lowest BCUT2D eigenvalue weighted by Crippen LogP contribution is -1.99. The summed E-state index contributed by atoms with van der Waals surface area (Å²) < 4.78 is 0. The van der Waals surface area contributed by atoms with Crippen LogP contribution in [-0.2, 0) is 6.16 Å². The van der Waals surface area contributed by atoms with Gasteiger partial charge in [-0.2, -0.15) is 0 Å². The van der Waals surface area contributed by atoms with Gasteiger partial charge in [0.1, 0.15) is 5.69 Å². The van der Waals surface area contributed by atoms with Gasteiger partial charge in [0.15, 0.2) is 0 Å². The van der Waals surface area contributed by atoms with Crippen LogP contribution in [0.5, 0.6) is 0 Å². The van der Waals surface area contributed by atoms with Crippen LogP contribution in [0.3, 0.4) is 0 Å². The maximum atomic E-state index is 10.3. The summed E-state index contributed by atoms with van der Waals surface area (Å²) in [5.41, 5.74) is 1.10. The average Bonchev–Trinajstić information content (AvgIpc) is 2.05. The van der Waals surface area contributed by atoms with Crippen LogP contribution in [0.4, 0.5) is 0 Å². The Balaban J connectivity index is 2.91. The number of aromatic carboxylic acids is 1. The molecule has 58 valence electrons. The molecule has 0 fully saturated rings. The number of nitrogens with zero attached hydrogens (tertiary/aromatic N) is 1. The molecule has 0 radical (unpaired) electrons. The highest BCUT2D eigenvalue weighted by molar-refractivity contribution is 7.15. The summed E-state index contributed by atoms with van der Waals surface area (Å²) in [6.45, 7) is 0. The lowest BCUT2D eigenvalue weighted by Gasteiger charge is -1.95. The minimum atomic E-state index is -0.986. The van der Waals surface area contributed by atoms with Crippen LogP contribution in [-0.4, -0.2) is 16.1 Å². The molecule has 0 bridgehead atoms. The van der Waals surface area contributed by atoms with Crippen LogP contribution in [0.25, 0.3) is 0 Å². The summed E-state index contributed by atoms with van der Waals surface area (Å²) in [5, 5.41) is 8.48. The first kappa shape index (κ1) is 8.15. The number of hydrogen-bond donors (Lipinski definition) is 1. The monoisotopic (exact) mass is 169 g/mol. The van der Waals surface area contributed by atoms with Crippen LogP contribution < -0.4 is 0 Å². The molecule has 3 nitrogen and oxygen atoms in total. The van der Waals surface area contributed by atoms with Crippen LogP contribution in [0, 0.1) is 0 Å². The molecule has 0 aliphatic carbocycles. The van der Waals surface area contributed by atoms with Gasteiger partial charge in [0.25, 0.3) is 0 Å². The van der Waals surface area contributed by atoms with Gasteiger partial charge >= 0.3 is 5.97 Å². The standard InChI is InChI=1S/C7H8NO2P/c9-7(10)6-2-1-5(4-11)3-8-6/h1-3H,4,11H2,(H,9,10). The Labute approximate surface area is 66.7 Å². The molecule has 1 rings (SSSR count). The van der Waals surface area contributed by atoms with Crippen molar-refractivity contribution in [3.8, 4) is 0 Å². The first-order chi connectivity index (χ1) is 5.24. The second-order valence-corrected chi connectivity index (χ2v) is 2.47. The highest BCUT2D eigenvalue weighted by atomic mass is 31.0. The van der Waals surface area contributed by atoms with E-state index in [1.165, 1.54) is 6.07 Å². The van der Waals surface area contributed by atoms with E-state index in [2.05, 4.69) is 14.2 Å². The second kappa shape index (κ2) is 3.44. The normalized spacial score (nSPS) is 9.55. The number of carboxylic acid groups (broad SMARTS) is 1. The highest BCUT2D eigenvalue weighted by Crippen LogP contribution is 2.04. The zero-order valence-electron chi connectivity index (χ0n) is 5.82. The largest absolute Gasteiger partial charge is 0.477 e. The van der Waals surface area contributed by atoms with E-state index in [-0.39, 0.29) is 5.69 Å². The molecule has 1 N–H and O–H groups in total. The third-order valence-corrected chi connectivity index (χ3v) is 1.75. The van der Waals surface area contributed by atoms with E-state index in [1.807, 2.05) is 0 Å². The lowest BCUT2D eigenvalue weighted by molar-refractivity contribution is 0.0690. The summed E-state index contributed by atoms with van der Waals surface area (Å²) >= 11 is 0. The Morgan fingerprint density at radius 3 is 2.73 bits per heavy atom. The van der Waals surface area contributed by atoms with E-state index < -0.39 is 5.97 Å². The number of aromatic nitrogens is 1. The van der Waals surface area contributed by atoms with Crippen molar-refractivity contribution < 1.29 is 9.90 Å². The fourth-order valence-corrected chi connectivity index (χ4v) is 0.913. The van der Waals surface area contributed by atoms with Crippen LogP contribution in [0.1, 0.15) is 16.1 Å². The Bertz CT molecular complexity index is 258. The first-order valence-corrected chi connectivity index (χ1v) is 3.94. The molecular weight excluding hydrogens is 161 g/mol. The van der Waals surface area contributed by atoms with Gasteiger partial charge in [-0.05, 0) is 17.8 Å². The zero-order chi connectivity index (χ0) is 8.27. The zero-order valence-corrected chi connectivity index (χ0v) is 6.97. The summed E-state index contributed by atoms with van der Waals surface area (Å²) in [5.74, 6) is -0.986. The Hall–Kier alpha value is -0.950. The predicted octanol–water partition coefficient (Wildman–Crippen LogP) is 1.15. The molecule has 0 amide bonds. The van der Waals surface area contributed by atoms with E-state index in [4.69, 9.17) is 5.11 Å². The fourth-order valence-electron chi connectivity index (χ4n) is 0.672. The molecule has 1 unspecified atom stereocenters. The molecule has 1 aromatic rings. The molecule has 4 heteroatoms. The molecule has 0 aliphatic heterocycles. The minimum absolute atomic E-state index is 0.0900. The number of rotatable bonds is 2. The van der Waals surface area contributed by atoms with Crippen molar-refractivity contribution in [3.05, 3.63) is 29.6 Å². The summed E-state index contributed by atoms with van der Waals surface area (Å²) in [7, 11) is 2.55. The van der Waals surface area contributed by atoms with Gasteiger partial charge in [0, 0.05) is 6.20 Å². The molecule has 1 heterocycles. The molecule has 1 atom stereocenters. The lowest BCUT2D eigenvalue weighted by atomic mass is 10.3. The average molecular weight is 169 g/mol. The highest BCUT2D eigenvalue weighted by Gasteiger charge is 2.01. The van der Waals surface area contributed by atoms with Gasteiger partial charge in [-0.1, -0.05) is 6.07 Å². The quantitative estimate of drug-likeness (QED) is 0.675. The number of carboxylic acids is 1. The summed E-state index contributed by atoms with van der Waals surface area (Å²) in [4.78, 5) is 14.1. The second-order valence-electron chi connectivity index (χ2n) is 2.06. The van der Waals surface area contributed by atoms with Crippen molar-refractivity contribution in [1.29, 1.82) is 0 Å². The van der Waals surface area contributed by atoms with Crippen molar-refractivity contribution >= 4 is 15.2 Å². The van der Waals surface area contributed by atoms with Gasteiger partial charge < -0.3 is 5.11 Å². The minimum Gasteiger partial charge on any atom is -0.477 e. The van der Waals surface area contributed by atoms with Gasteiger partial charge in [0.2, 0.25) is 0 Å². The van der Waals surface area contributed by atoms with Crippen molar-refractivity contribution in [1.82, 2.24) is 4.98 Å². The Morgan fingerprint density at radius 1 is 1.64 bits per heavy atom. The maximum Gasteiger partial charge on any atom is 0.354 e. The summed E-state index contributed by atoms with van der Waals surface area (Å²) in [6.07, 6.45) is 2.36. The SMILES string of the molecule is O=C(O)c1ccc(CP)cn1. The molecule has 0 saturated heterocycles. The van der Waals surface area contributed by atoms with Gasteiger partial charge in [0.05, 0.1) is 0 Å². The number of carbonyl (C=O) groups is 1. The predicted molar refractivity (Wildman–Crippen MR) is 44.6 cm³/mol. The molecule has 0 saturated carbocycles. The van der Waals surface area contributed by atoms with Crippen molar-refractivity contribution in [2.45, 2.75) is 6.16 Å². The molecular formula is C7H8NO2P. The van der Waals surface area contributed by atoms with Gasteiger partial charge in [-0.15, -0.1) is 9.24 Å².